The van der Waals surface area contributed by atoms with Crippen molar-refractivity contribution in [1.82, 2.24) is 0 Å². The van der Waals surface area contributed by atoms with Gasteiger partial charge in [-0.25, -0.2) is 4.57 Å². The van der Waals surface area contributed by atoms with Crippen LogP contribution in [-0.2, 0) is 27.9 Å². The molecule has 0 aliphatic heterocycles. The number of carbonyl (C=O) groups excluding carboxylic acids is 1. The van der Waals surface area contributed by atoms with Crippen molar-refractivity contribution in [3.05, 3.63) is 12.2 Å². The Kier molecular flexibility index (Phi) is 37.6. The van der Waals surface area contributed by atoms with Crippen molar-refractivity contribution in [3.63, 3.8) is 0 Å². The Labute approximate surface area is 329 Å². The van der Waals surface area contributed by atoms with Gasteiger partial charge < -0.3 is 18.9 Å². The molecule has 0 aromatic carbocycles. The molecule has 0 radical (unpaired) electrons. The minimum Gasteiger partial charge on any atom is -0.457 e. The van der Waals surface area contributed by atoms with E-state index in [-0.39, 0.29) is 25.8 Å². The fourth-order valence-electron chi connectivity index (χ4n) is 6.31. The number of unbranched alkanes of at least 4 members (excludes halogenated alkanes) is 26. The Morgan fingerprint density at radius 3 is 1.43 bits per heavy atom. The van der Waals surface area contributed by atoms with E-state index in [0.29, 0.717) is 24.1 Å². The molecule has 0 saturated heterocycles. The Morgan fingerprint density at radius 2 is 0.981 bits per heavy atom. The first kappa shape index (κ1) is 52.2. The number of ether oxygens (including phenoxy) is 2. The van der Waals surface area contributed by atoms with Gasteiger partial charge in [0.25, 0.3) is 0 Å². The molecular weight excluding hydrogens is 685 g/mol. The van der Waals surface area contributed by atoms with E-state index in [4.69, 9.17) is 18.5 Å². The highest BCUT2D eigenvalue weighted by Gasteiger charge is 2.26. The van der Waals surface area contributed by atoms with Crippen LogP contribution in [0.3, 0.4) is 0 Å². The molecule has 2 atom stereocenters. The van der Waals surface area contributed by atoms with Crippen LogP contribution in [0.5, 0.6) is 0 Å². The van der Waals surface area contributed by atoms with Crippen molar-refractivity contribution in [2.45, 2.75) is 213 Å². The van der Waals surface area contributed by atoms with E-state index in [9.17, 15) is 14.3 Å². The molecule has 0 saturated carbocycles. The summed E-state index contributed by atoms with van der Waals surface area (Å²) in [5.41, 5.74) is 0. The molecule has 0 rings (SSSR count). The topological polar surface area (TPSA) is 91.3 Å². The first-order valence-corrected chi connectivity index (χ1v) is 23.9. The second-order valence-electron chi connectivity index (χ2n) is 16.4. The minimum absolute atomic E-state index is 0.0915. The molecule has 0 spiro atoms. The van der Waals surface area contributed by atoms with Crippen LogP contribution in [0.15, 0.2) is 12.2 Å². The van der Waals surface area contributed by atoms with Crippen molar-refractivity contribution in [2.75, 3.05) is 54.1 Å². The maximum Gasteiger partial charge on any atom is 0.472 e. The number of likely N-dealkylation sites (N-methyl/N-ethyl adjacent to an activating group) is 1. The van der Waals surface area contributed by atoms with E-state index < -0.39 is 13.9 Å². The molecule has 0 aromatic heterocycles. The zero-order chi connectivity index (χ0) is 39.1. The number of allylic oxidation sites excluding steroid dienone is 2. The van der Waals surface area contributed by atoms with Gasteiger partial charge in [0, 0.05) is 13.0 Å². The molecule has 0 amide bonds. The van der Waals surface area contributed by atoms with Crippen molar-refractivity contribution < 1.29 is 37.3 Å². The van der Waals surface area contributed by atoms with Crippen LogP contribution < -0.4 is 0 Å². The van der Waals surface area contributed by atoms with Crippen LogP contribution >= 0.6 is 7.82 Å². The number of phosphoric ester groups is 1. The largest absolute Gasteiger partial charge is 0.472 e. The Morgan fingerprint density at radius 1 is 0.566 bits per heavy atom. The summed E-state index contributed by atoms with van der Waals surface area (Å²) < 4.78 is 34.8. The molecule has 0 aliphatic carbocycles. The van der Waals surface area contributed by atoms with Gasteiger partial charge in [-0.3, -0.25) is 13.8 Å². The van der Waals surface area contributed by atoms with Gasteiger partial charge in [-0.05, 0) is 38.5 Å². The number of quaternary nitrogens is 1. The predicted octanol–water partition coefficient (Wildman–Crippen LogP) is 13.1. The summed E-state index contributed by atoms with van der Waals surface area (Å²) >= 11 is 0. The molecule has 0 fully saturated rings. The quantitative estimate of drug-likeness (QED) is 0.0217. The van der Waals surface area contributed by atoms with Gasteiger partial charge in [-0.1, -0.05) is 174 Å². The van der Waals surface area contributed by atoms with Crippen molar-refractivity contribution in [1.29, 1.82) is 0 Å². The van der Waals surface area contributed by atoms with Crippen LogP contribution in [-0.4, -0.2) is 75.6 Å². The SMILES string of the molecule is CCCCCCCCCC/C=C\CCCCCCCCCCCCCCOCC(COP(=O)(O)OCC[N+](C)(C)C)OC(=O)CCCCCCCCC. The third kappa shape index (κ3) is 42.2. The summed E-state index contributed by atoms with van der Waals surface area (Å²) in [5.74, 6) is -0.318. The summed E-state index contributed by atoms with van der Waals surface area (Å²) in [6.07, 6.45) is 41.3. The third-order valence-corrected chi connectivity index (χ3v) is 10.8. The lowest BCUT2D eigenvalue weighted by Gasteiger charge is -2.24. The second-order valence-corrected chi connectivity index (χ2v) is 17.9. The zero-order valence-corrected chi connectivity index (χ0v) is 36.7. The number of carbonyl (C=O) groups is 1. The number of hydrogen-bond acceptors (Lipinski definition) is 6. The molecule has 0 aliphatic rings. The third-order valence-electron chi connectivity index (χ3n) is 9.83. The van der Waals surface area contributed by atoms with E-state index in [1.54, 1.807) is 0 Å². The number of rotatable bonds is 42. The normalized spacial score (nSPS) is 13.8. The van der Waals surface area contributed by atoms with E-state index >= 15 is 0 Å². The molecule has 0 bridgehead atoms. The molecule has 9 heteroatoms. The van der Waals surface area contributed by atoms with Gasteiger partial charge >= 0.3 is 13.8 Å². The van der Waals surface area contributed by atoms with E-state index in [1.165, 1.54) is 154 Å². The van der Waals surface area contributed by atoms with Crippen LogP contribution in [0.4, 0.5) is 0 Å². The Balaban J connectivity index is 3.95. The number of hydrogen-bond donors (Lipinski definition) is 1. The van der Waals surface area contributed by atoms with E-state index in [0.717, 1.165) is 32.1 Å². The molecule has 0 aromatic rings. The van der Waals surface area contributed by atoms with Gasteiger partial charge in [0.05, 0.1) is 34.4 Å². The summed E-state index contributed by atoms with van der Waals surface area (Å²) in [7, 11) is 1.68. The lowest BCUT2D eigenvalue weighted by molar-refractivity contribution is -0.870. The highest BCUT2D eigenvalue weighted by molar-refractivity contribution is 7.47. The summed E-state index contributed by atoms with van der Waals surface area (Å²) in [6.45, 7) is 5.61. The highest BCUT2D eigenvalue weighted by Crippen LogP contribution is 2.43. The van der Waals surface area contributed by atoms with E-state index in [1.807, 2.05) is 21.1 Å². The van der Waals surface area contributed by atoms with Gasteiger partial charge in [0.1, 0.15) is 19.3 Å². The summed E-state index contributed by atoms with van der Waals surface area (Å²) in [4.78, 5) is 22.7. The number of esters is 1. The lowest BCUT2D eigenvalue weighted by atomic mass is 10.0. The molecule has 2 unspecified atom stereocenters. The fraction of sp³-hybridized carbons (Fsp3) is 0.932. The highest BCUT2D eigenvalue weighted by atomic mass is 31.2. The average Bonchev–Trinajstić information content (AvgIpc) is 3.11. The van der Waals surface area contributed by atoms with Gasteiger partial charge in [-0.15, -0.1) is 0 Å². The summed E-state index contributed by atoms with van der Waals surface area (Å²) in [6, 6.07) is 0. The van der Waals surface area contributed by atoms with Crippen molar-refractivity contribution in [2.24, 2.45) is 0 Å². The van der Waals surface area contributed by atoms with E-state index in [2.05, 4.69) is 26.0 Å². The van der Waals surface area contributed by atoms with Gasteiger partial charge in [0.2, 0.25) is 0 Å². The van der Waals surface area contributed by atoms with Crippen molar-refractivity contribution >= 4 is 13.8 Å². The maximum absolute atomic E-state index is 12.5. The molecule has 316 valence electrons. The molecule has 1 N–H and O–H groups in total. The van der Waals surface area contributed by atoms with Crippen LogP contribution in [0.2, 0.25) is 0 Å². The van der Waals surface area contributed by atoms with Crippen LogP contribution in [0, 0.1) is 0 Å². The van der Waals surface area contributed by atoms with Gasteiger partial charge in [-0.2, -0.15) is 0 Å². The first-order chi connectivity index (χ1) is 25.6. The maximum atomic E-state index is 12.5. The number of nitrogens with zero attached hydrogens (tertiary/aromatic N) is 1. The van der Waals surface area contributed by atoms with Crippen LogP contribution in [0.1, 0.15) is 206 Å². The fourth-order valence-corrected chi connectivity index (χ4v) is 7.05. The predicted molar refractivity (Wildman–Crippen MR) is 224 cm³/mol. The smallest absolute Gasteiger partial charge is 0.457 e. The van der Waals surface area contributed by atoms with Gasteiger partial charge in [0.15, 0.2) is 0 Å². The second kappa shape index (κ2) is 38.1. The Bertz CT molecular complexity index is 863. The lowest BCUT2D eigenvalue weighted by Crippen LogP contribution is -2.37. The molecule has 0 heterocycles. The molecular formula is C44H89NO7P+. The minimum atomic E-state index is -4.26. The average molecular weight is 775 g/mol. The monoisotopic (exact) mass is 775 g/mol. The molecule has 8 nitrogen and oxygen atoms in total. The van der Waals surface area contributed by atoms with Crippen molar-refractivity contribution in [3.8, 4) is 0 Å². The standard InChI is InChI=1S/C44H88NO7P/c1-6-8-10-12-14-15-16-17-18-19-20-21-22-23-24-25-26-27-28-29-30-32-34-36-39-49-41-43(42-51-53(47,48)50-40-38-45(3,4)5)52-44(46)37-35-33-31-13-11-9-7-2/h19-20,43H,6-18,21-42H2,1-5H3/p+1/b20-19-. The first-order valence-electron chi connectivity index (χ1n) is 22.4. The Hall–Kier alpha value is -0.760. The van der Waals surface area contributed by atoms with Crippen LogP contribution in [0.25, 0.3) is 0 Å². The zero-order valence-electron chi connectivity index (χ0n) is 35.8. The molecule has 53 heavy (non-hydrogen) atoms. The number of phosphoric acid groups is 1. The summed E-state index contributed by atoms with van der Waals surface area (Å²) in [5, 5.41) is 0.